The topological polar surface area (TPSA) is 42.5 Å². The van der Waals surface area contributed by atoms with E-state index in [2.05, 4.69) is 10.9 Å². The third-order valence-electron chi connectivity index (χ3n) is 1.95. The first-order chi connectivity index (χ1) is 7.79. The predicted octanol–water partition coefficient (Wildman–Crippen LogP) is 2.13. The molecule has 0 saturated carbocycles. The zero-order valence-electron chi connectivity index (χ0n) is 9.61. The van der Waals surface area contributed by atoms with Crippen molar-refractivity contribution in [3.8, 4) is 5.75 Å². The van der Waals surface area contributed by atoms with Gasteiger partial charge in [-0.1, -0.05) is 26.0 Å². The minimum Gasteiger partial charge on any atom is -0.497 e. The second kappa shape index (κ2) is 6.30. The quantitative estimate of drug-likeness (QED) is 0.775. The summed E-state index contributed by atoms with van der Waals surface area (Å²) in [4.78, 5) is 0. The predicted molar refractivity (Wildman–Crippen MR) is 67.0 cm³/mol. The maximum atomic E-state index is 5.29. The van der Waals surface area contributed by atoms with Gasteiger partial charge in [-0.15, -0.1) is 0 Å². The van der Waals surface area contributed by atoms with Gasteiger partial charge in [-0.3, -0.25) is 5.43 Å². The van der Waals surface area contributed by atoms with Crippen LogP contribution in [0.25, 0.3) is 0 Å². The van der Waals surface area contributed by atoms with E-state index in [4.69, 9.17) is 21.7 Å². The SMILES string of the molecule is CC.COc1ccc(C2NNC(=S)O2)cc1. The molecule has 1 atom stereocenters. The summed E-state index contributed by atoms with van der Waals surface area (Å²) in [6.07, 6.45) is -0.214. The molecule has 1 aliphatic heterocycles. The summed E-state index contributed by atoms with van der Waals surface area (Å²) < 4.78 is 10.3. The molecule has 1 heterocycles. The Morgan fingerprint density at radius 1 is 1.25 bits per heavy atom. The Labute approximate surface area is 101 Å². The second-order valence-corrected chi connectivity index (χ2v) is 3.20. The van der Waals surface area contributed by atoms with Gasteiger partial charge in [0, 0.05) is 5.56 Å². The molecule has 1 saturated heterocycles. The molecule has 5 heteroatoms. The third-order valence-corrected chi connectivity index (χ3v) is 2.15. The monoisotopic (exact) mass is 240 g/mol. The van der Waals surface area contributed by atoms with Crippen molar-refractivity contribution in [2.24, 2.45) is 0 Å². The molecule has 0 aromatic heterocycles. The summed E-state index contributed by atoms with van der Waals surface area (Å²) in [5.41, 5.74) is 6.63. The highest BCUT2D eigenvalue weighted by atomic mass is 32.1. The van der Waals surface area contributed by atoms with Crippen LogP contribution in [0.5, 0.6) is 5.75 Å². The molecule has 1 unspecified atom stereocenters. The van der Waals surface area contributed by atoms with E-state index in [1.54, 1.807) is 7.11 Å². The zero-order chi connectivity index (χ0) is 12.0. The second-order valence-electron chi connectivity index (χ2n) is 2.83. The maximum absolute atomic E-state index is 5.29. The molecule has 2 N–H and O–H groups in total. The fourth-order valence-electron chi connectivity index (χ4n) is 1.22. The van der Waals surface area contributed by atoms with Gasteiger partial charge in [0.25, 0.3) is 5.17 Å². The molecule has 0 radical (unpaired) electrons. The van der Waals surface area contributed by atoms with Gasteiger partial charge < -0.3 is 9.47 Å². The van der Waals surface area contributed by atoms with Crippen LogP contribution in [0, 0.1) is 0 Å². The van der Waals surface area contributed by atoms with Gasteiger partial charge in [0.15, 0.2) is 6.23 Å². The van der Waals surface area contributed by atoms with E-state index in [0.717, 1.165) is 11.3 Å². The van der Waals surface area contributed by atoms with Crippen LogP contribution >= 0.6 is 12.2 Å². The molecular weight excluding hydrogens is 224 g/mol. The summed E-state index contributed by atoms with van der Waals surface area (Å²) in [6.45, 7) is 4.00. The first-order valence-corrected chi connectivity index (χ1v) is 5.56. The van der Waals surface area contributed by atoms with Crippen LogP contribution in [0.2, 0.25) is 0 Å². The van der Waals surface area contributed by atoms with Crippen LogP contribution in [0.1, 0.15) is 25.6 Å². The van der Waals surface area contributed by atoms with Gasteiger partial charge >= 0.3 is 0 Å². The molecule has 0 amide bonds. The molecular formula is C11H16N2O2S. The molecule has 4 nitrogen and oxygen atoms in total. The number of rotatable bonds is 2. The summed E-state index contributed by atoms with van der Waals surface area (Å²) in [6, 6.07) is 7.60. The van der Waals surface area contributed by atoms with Gasteiger partial charge in [0.1, 0.15) is 5.75 Å². The highest BCUT2D eigenvalue weighted by molar-refractivity contribution is 7.80. The van der Waals surface area contributed by atoms with Gasteiger partial charge in [-0.2, -0.15) is 5.43 Å². The van der Waals surface area contributed by atoms with Crippen molar-refractivity contribution in [3.63, 3.8) is 0 Å². The number of benzene rings is 1. The molecule has 0 aliphatic carbocycles. The first-order valence-electron chi connectivity index (χ1n) is 5.16. The van der Waals surface area contributed by atoms with Crippen LogP contribution in [0.4, 0.5) is 0 Å². The standard InChI is InChI=1S/C9H10N2O2S.C2H6/c1-12-7-4-2-6(3-5-7)8-10-11-9(14)13-8;1-2/h2-5,8,10H,1H3,(H,11,14);1-2H3. The smallest absolute Gasteiger partial charge is 0.273 e. The highest BCUT2D eigenvalue weighted by Gasteiger charge is 2.20. The molecule has 16 heavy (non-hydrogen) atoms. The largest absolute Gasteiger partial charge is 0.497 e. The average Bonchev–Trinajstić information content (AvgIpc) is 2.79. The number of thiocarbonyl (C=S) groups is 1. The third kappa shape index (κ3) is 3.08. The van der Waals surface area contributed by atoms with Gasteiger partial charge in [0.05, 0.1) is 7.11 Å². The molecule has 1 aliphatic rings. The molecule has 0 bridgehead atoms. The van der Waals surface area contributed by atoms with Crippen molar-refractivity contribution in [3.05, 3.63) is 29.8 Å². The van der Waals surface area contributed by atoms with Crippen molar-refractivity contribution < 1.29 is 9.47 Å². The van der Waals surface area contributed by atoms with Gasteiger partial charge in [-0.25, -0.2) is 0 Å². The summed E-state index contributed by atoms with van der Waals surface area (Å²) in [5.74, 6) is 0.822. The van der Waals surface area contributed by atoms with Crippen LogP contribution < -0.4 is 15.6 Å². The van der Waals surface area contributed by atoms with E-state index in [9.17, 15) is 0 Å². The van der Waals surface area contributed by atoms with E-state index in [1.165, 1.54) is 0 Å². The zero-order valence-corrected chi connectivity index (χ0v) is 10.4. The van der Waals surface area contributed by atoms with E-state index in [0.29, 0.717) is 5.17 Å². The Morgan fingerprint density at radius 3 is 2.31 bits per heavy atom. The highest BCUT2D eigenvalue weighted by Crippen LogP contribution is 2.20. The van der Waals surface area contributed by atoms with E-state index in [-0.39, 0.29) is 6.23 Å². The average molecular weight is 240 g/mol. The van der Waals surface area contributed by atoms with Crippen molar-refractivity contribution >= 4 is 17.4 Å². The summed E-state index contributed by atoms with van der Waals surface area (Å²) in [5, 5.41) is 0.366. The van der Waals surface area contributed by atoms with Gasteiger partial charge in [-0.05, 0) is 24.4 Å². The van der Waals surface area contributed by atoms with E-state index in [1.807, 2.05) is 38.1 Å². The molecule has 2 rings (SSSR count). The summed E-state index contributed by atoms with van der Waals surface area (Å²) in [7, 11) is 1.63. The van der Waals surface area contributed by atoms with Crippen molar-refractivity contribution in [2.45, 2.75) is 20.1 Å². The number of ether oxygens (including phenoxy) is 2. The Kier molecular flexibility index (Phi) is 5.01. The molecule has 1 aromatic rings. The Bertz CT molecular complexity index is 340. The number of nitrogens with one attached hydrogen (secondary N) is 2. The number of hydrogen-bond acceptors (Lipinski definition) is 4. The Morgan fingerprint density at radius 2 is 1.88 bits per heavy atom. The number of hydrazine groups is 1. The van der Waals surface area contributed by atoms with E-state index < -0.39 is 0 Å². The molecule has 88 valence electrons. The Hall–Kier alpha value is -1.33. The molecule has 1 aromatic carbocycles. The lowest BCUT2D eigenvalue weighted by Gasteiger charge is -2.08. The van der Waals surface area contributed by atoms with Crippen molar-refractivity contribution in [1.29, 1.82) is 0 Å². The van der Waals surface area contributed by atoms with Gasteiger partial charge in [0.2, 0.25) is 0 Å². The van der Waals surface area contributed by atoms with E-state index >= 15 is 0 Å². The number of hydrogen-bond donors (Lipinski definition) is 2. The minimum absolute atomic E-state index is 0.214. The van der Waals surface area contributed by atoms with Crippen LogP contribution in [-0.2, 0) is 4.74 Å². The fraction of sp³-hybridized carbons (Fsp3) is 0.364. The lowest BCUT2D eigenvalue weighted by atomic mass is 10.2. The normalized spacial score (nSPS) is 17.9. The number of methoxy groups -OCH3 is 1. The maximum Gasteiger partial charge on any atom is 0.273 e. The van der Waals surface area contributed by atoms with Crippen LogP contribution in [0.15, 0.2) is 24.3 Å². The lowest BCUT2D eigenvalue weighted by Crippen LogP contribution is -2.26. The molecule has 1 fully saturated rings. The summed E-state index contributed by atoms with van der Waals surface area (Å²) >= 11 is 4.82. The Balaban J connectivity index is 0.000000606. The van der Waals surface area contributed by atoms with Crippen molar-refractivity contribution in [2.75, 3.05) is 7.11 Å². The van der Waals surface area contributed by atoms with Crippen LogP contribution in [-0.4, -0.2) is 12.3 Å². The van der Waals surface area contributed by atoms with Crippen LogP contribution in [0.3, 0.4) is 0 Å². The fourth-order valence-corrected chi connectivity index (χ4v) is 1.38. The minimum atomic E-state index is -0.214. The van der Waals surface area contributed by atoms with Crippen molar-refractivity contribution in [1.82, 2.24) is 10.9 Å². The molecule has 0 spiro atoms. The first kappa shape index (κ1) is 12.7. The lowest BCUT2D eigenvalue weighted by molar-refractivity contribution is 0.203.